The van der Waals surface area contributed by atoms with E-state index in [9.17, 15) is 0 Å². The molecule has 0 atom stereocenters. The van der Waals surface area contributed by atoms with E-state index in [2.05, 4.69) is 45.0 Å². The molecular weight excluding hydrogens is 439 g/mol. The number of hydrogen-bond acceptors (Lipinski definition) is 4. The number of rotatable bonds is 7. The average molecular weight is 464 g/mol. The predicted molar refractivity (Wildman–Crippen MR) is 112 cm³/mol. The first-order valence-electron chi connectivity index (χ1n) is 7.64. The Bertz CT molecular complexity index is 607. The number of aryl methyl sites for hydroxylation is 3. The topological polar surface area (TPSA) is 49.3 Å². The third-order valence-corrected chi connectivity index (χ3v) is 5.50. The molecule has 0 aliphatic heterocycles. The van der Waals surface area contributed by atoms with Crippen molar-refractivity contribution in [3.8, 4) is 0 Å². The Kier molecular flexibility index (Phi) is 9.73. The highest BCUT2D eigenvalue weighted by atomic mass is 127. The first-order valence-corrected chi connectivity index (χ1v) is 9.34. The van der Waals surface area contributed by atoms with Crippen molar-refractivity contribution in [2.75, 3.05) is 13.6 Å². The summed E-state index contributed by atoms with van der Waals surface area (Å²) in [6, 6.07) is 4.39. The molecule has 0 aliphatic rings. The molecule has 23 heavy (non-hydrogen) atoms. The van der Waals surface area contributed by atoms with Crippen molar-refractivity contribution >= 4 is 52.6 Å². The SMILES string of the molecule is CCc1ccc(CNC(=NC)NCCCc2nc(C)cs2)s1.I. The molecule has 128 valence electrons. The summed E-state index contributed by atoms with van der Waals surface area (Å²) in [4.78, 5) is 11.5. The monoisotopic (exact) mass is 464 g/mol. The Hall–Kier alpha value is -0.670. The van der Waals surface area contributed by atoms with Crippen LogP contribution in [0.4, 0.5) is 0 Å². The van der Waals surface area contributed by atoms with Gasteiger partial charge in [0.1, 0.15) is 0 Å². The number of aromatic nitrogens is 1. The quantitative estimate of drug-likeness (QED) is 0.282. The molecule has 7 heteroatoms. The minimum absolute atomic E-state index is 0. The van der Waals surface area contributed by atoms with Crippen LogP contribution in [0, 0.1) is 6.92 Å². The summed E-state index contributed by atoms with van der Waals surface area (Å²) >= 11 is 3.60. The maximum absolute atomic E-state index is 4.48. The minimum atomic E-state index is 0. The van der Waals surface area contributed by atoms with Gasteiger partial charge in [-0.15, -0.1) is 46.7 Å². The molecule has 0 amide bonds. The molecule has 0 aromatic carbocycles. The van der Waals surface area contributed by atoms with Gasteiger partial charge in [0.05, 0.1) is 11.6 Å². The third kappa shape index (κ3) is 7.17. The molecule has 0 saturated carbocycles. The first kappa shape index (κ1) is 20.4. The normalized spacial score (nSPS) is 11.2. The van der Waals surface area contributed by atoms with Crippen LogP contribution in [0.5, 0.6) is 0 Å². The van der Waals surface area contributed by atoms with E-state index in [4.69, 9.17) is 0 Å². The van der Waals surface area contributed by atoms with Crippen LogP contribution in [0.3, 0.4) is 0 Å². The van der Waals surface area contributed by atoms with Gasteiger partial charge in [0.25, 0.3) is 0 Å². The second-order valence-electron chi connectivity index (χ2n) is 5.06. The molecule has 2 rings (SSSR count). The summed E-state index contributed by atoms with van der Waals surface area (Å²) in [5.41, 5.74) is 1.12. The van der Waals surface area contributed by atoms with E-state index < -0.39 is 0 Å². The summed E-state index contributed by atoms with van der Waals surface area (Å²) < 4.78 is 0. The minimum Gasteiger partial charge on any atom is -0.356 e. The average Bonchev–Trinajstić information content (AvgIpc) is 3.15. The Morgan fingerprint density at radius 1 is 1.26 bits per heavy atom. The van der Waals surface area contributed by atoms with Gasteiger partial charge in [0, 0.05) is 40.8 Å². The van der Waals surface area contributed by atoms with Crippen molar-refractivity contribution in [3.63, 3.8) is 0 Å². The van der Waals surface area contributed by atoms with Crippen molar-refractivity contribution in [1.29, 1.82) is 0 Å². The van der Waals surface area contributed by atoms with Crippen LogP contribution in [-0.2, 0) is 19.4 Å². The number of halogens is 1. The zero-order chi connectivity index (χ0) is 15.8. The number of nitrogens with one attached hydrogen (secondary N) is 2. The van der Waals surface area contributed by atoms with E-state index in [-0.39, 0.29) is 24.0 Å². The lowest BCUT2D eigenvalue weighted by molar-refractivity contribution is 0.740. The van der Waals surface area contributed by atoms with Crippen molar-refractivity contribution < 1.29 is 0 Å². The summed E-state index contributed by atoms with van der Waals surface area (Å²) in [6.07, 6.45) is 3.19. The highest BCUT2D eigenvalue weighted by molar-refractivity contribution is 14.0. The lowest BCUT2D eigenvalue weighted by atomic mass is 10.3. The number of aliphatic imine (C=N–C) groups is 1. The summed E-state index contributed by atoms with van der Waals surface area (Å²) in [5, 5.41) is 10.0. The van der Waals surface area contributed by atoms with Crippen molar-refractivity contribution in [3.05, 3.63) is 38.0 Å². The van der Waals surface area contributed by atoms with Crippen LogP contribution in [0.1, 0.15) is 33.8 Å². The van der Waals surface area contributed by atoms with Gasteiger partial charge in [0.15, 0.2) is 5.96 Å². The van der Waals surface area contributed by atoms with E-state index in [0.717, 1.165) is 44.0 Å². The number of nitrogens with zero attached hydrogens (tertiary/aromatic N) is 2. The molecule has 2 N–H and O–H groups in total. The summed E-state index contributed by atoms with van der Waals surface area (Å²) in [7, 11) is 1.81. The first-order chi connectivity index (χ1) is 10.7. The second kappa shape index (κ2) is 11.0. The molecule has 4 nitrogen and oxygen atoms in total. The van der Waals surface area contributed by atoms with E-state index in [1.165, 1.54) is 14.8 Å². The molecule has 0 spiro atoms. The molecule has 0 unspecified atom stereocenters. The Balaban J connectivity index is 0.00000264. The van der Waals surface area contributed by atoms with Crippen molar-refractivity contribution in [2.45, 2.75) is 39.7 Å². The van der Waals surface area contributed by atoms with Gasteiger partial charge >= 0.3 is 0 Å². The fraction of sp³-hybridized carbons (Fsp3) is 0.500. The molecule has 0 radical (unpaired) electrons. The summed E-state index contributed by atoms with van der Waals surface area (Å²) in [6.45, 7) is 5.96. The van der Waals surface area contributed by atoms with Gasteiger partial charge in [-0.05, 0) is 31.9 Å². The zero-order valence-electron chi connectivity index (χ0n) is 13.9. The molecule has 0 aliphatic carbocycles. The molecular formula is C16H25IN4S2. The van der Waals surface area contributed by atoms with Crippen LogP contribution in [0.2, 0.25) is 0 Å². The number of thiophene rings is 1. The maximum Gasteiger partial charge on any atom is 0.191 e. The predicted octanol–water partition coefficient (Wildman–Crippen LogP) is 3.99. The Labute approximate surface area is 163 Å². The molecule has 2 heterocycles. The molecule has 2 aromatic heterocycles. The molecule has 0 fully saturated rings. The van der Waals surface area contributed by atoms with E-state index in [1.54, 1.807) is 11.3 Å². The van der Waals surface area contributed by atoms with Crippen LogP contribution >= 0.6 is 46.7 Å². The zero-order valence-corrected chi connectivity index (χ0v) is 17.9. The van der Waals surface area contributed by atoms with Gasteiger partial charge in [-0.1, -0.05) is 6.92 Å². The lowest BCUT2D eigenvalue weighted by Crippen LogP contribution is -2.37. The standard InChI is InChI=1S/C16H24N4S2.HI/c1-4-13-7-8-14(22-13)10-19-16(17-3)18-9-5-6-15-20-12(2)11-21-15;/h7-8,11H,4-6,9-10H2,1-3H3,(H2,17,18,19);1H. The van der Waals surface area contributed by atoms with Gasteiger partial charge < -0.3 is 10.6 Å². The highest BCUT2D eigenvalue weighted by Gasteiger charge is 2.02. The number of guanidine groups is 1. The molecule has 2 aromatic rings. The number of hydrogen-bond donors (Lipinski definition) is 2. The fourth-order valence-corrected chi connectivity index (χ4v) is 3.78. The second-order valence-corrected chi connectivity index (χ2v) is 7.26. The van der Waals surface area contributed by atoms with E-state index in [1.807, 2.05) is 25.3 Å². The van der Waals surface area contributed by atoms with E-state index >= 15 is 0 Å². The van der Waals surface area contributed by atoms with Crippen LogP contribution < -0.4 is 10.6 Å². The largest absolute Gasteiger partial charge is 0.356 e. The van der Waals surface area contributed by atoms with Gasteiger partial charge in [-0.25, -0.2) is 4.98 Å². The number of thiazole rings is 1. The Morgan fingerprint density at radius 2 is 2.04 bits per heavy atom. The van der Waals surface area contributed by atoms with Crippen LogP contribution in [0.15, 0.2) is 22.5 Å². The van der Waals surface area contributed by atoms with Crippen LogP contribution in [-0.4, -0.2) is 24.5 Å². The van der Waals surface area contributed by atoms with E-state index in [0.29, 0.717) is 0 Å². The smallest absolute Gasteiger partial charge is 0.191 e. The lowest BCUT2D eigenvalue weighted by Gasteiger charge is -2.10. The molecule has 0 saturated heterocycles. The third-order valence-electron chi connectivity index (χ3n) is 3.25. The van der Waals surface area contributed by atoms with Crippen molar-refractivity contribution in [1.82, 2.24) is 15.6 Å². The fourth-order valence-electron chi connectivity index (χ4n) is 2.06. The maximum atomic E-state index is 4.48. The molecule has 0 bridgehead atoms. The van der Waals surface area contributed by atoms with Gasteiger partial charge in [0.2, 0.25) is 0 Å². The Morgan fingerprint density at radius 3 is 2.65 bits per heavy atom. The van der Waals surface area contributed by atoms with Crippen LogP contribution in [0.25, 0.3) is 0 Å². The van der Waals surface area contributed by atoms with Gasteiger partial charge in [-0.3, -0.25) is 4.99 Å². The van der Waals surface area contributed by atoms with Crippen molar-refractivity contribution in [2.24, 2.45) is 4.99 Å². The summed E-state index contributed by atoms with van der Waals surface area (Å²) in [5.74, 6) is 0.863. The highest BCUT2D eigenvalue weighted by Crippen LogP contribution is 2.16. The van der Waals surface area contributed by atoms with Gasteiger partial charge in [-0.2, -0.15) is 0 Å².